The van der Waals surface area contributed by atoms with Crippen molar-refractivity contribution in [2.75, 3.05) is 6.61 Å². The molecule has 2 aromatic heterocycles. The second-order valence-electron chi connectivity index (χ2n) is 7.78. The molecule has 0 spiro atoms. The van der Waals surface area contributed by atoms with E-state index in [2.05, 4.69) is 34.2 Å². The summed E-state index contributed by atoms with van der Waals surface area (Å²) in [5.74, 6) is -0.619. The number of benzene rings is 1. The van der Waals surface area contributed by atoms with E-state index in [1.165, 1.54) is 18.2 Å². The van der Waals surface area contributed by atoms with Gasteiger partial charge in [0.15, 0.2) is 0 Å². The number of ether oxygens (including phenoxy) is 1. The lowest BCUT2D eigenvalue weighted by molar-refractivity contribution is 0.139. The Morgan fingerprint density at radius 3 is 2.53 bits per heavy atom. The average molecular weight is 414 g/mol. The third-order valence-corrected chi connectivity index (χ3v) is 6.10. The minimum atomic E-state index is -0.648. The number of hydrogen-bond acceptors (Lipinski definition) is 6. The molecule has 0 unspecified atom stereocenters. The molecule has 2 atom stereocenters. The maximum atomic E-state index is 14.3. The normalized spacial score (nSPS) is 20.8. The number of nitrogens with zero attached hydrogens (tertiary/aromatic N) is 4. The summed E-state index contributed by atoms with van der Waals surface area (Å²) in [6.45, 7) is 6.20. The fourth-order valence-corrected chi connectivity index (χ4v) is 4.27. The van der Waals surface area contributed by atoms with Crippen LogP contribution in [-0.2, 0) is 5.41 Å². The first-order chi connectivity index (χ1) is 14.5. The predicted molar refractivity (Wildman–Crippen MR) is 106 cm³/mol. The second kappa shape index (κ2) is 8.08. The van der Waals surface area contributed by atoms with Gasteiger partial charge >= 0.3 is 6.08 Å². The van der Waals surface area contributed by atoms with Crippen LogP contribution in [0.4, 0.5) is 8.78 Å². The Bertz CT molecular complexity index is 1040. The van der Waals surface area contributed by atoms with Crippen LogP contribution < -0.4 is 4.74 Å². The third kappa shape index (κ3) is 3.55. The average Bonchev–Trinajstić information content (AvgIpc) is 3.17. The Balaban J connectivity index is 1.75. The molecule has 2 heterocycles. The van der Waals surface area contributed by atoms with E-state index in [0.29, 0.717) is 12.5 Å². The third-order valence-electron chi connectivity index (χ3n) is 6.10. The van der Waals surface area contributed by atoms with Gasteiger partial charge < -0.3 is 9.15 Å². The van der Waals surface area contributed by atoms with Crippen molar-refractivity contribution in [3.8, 4) is 17.3 Å². The van der Waals surface area contributed by atoms with Crippen molar-refractivity contribution >= 4 is 0 Å². The molecule has 0 aliphatic heterocycles. The van der Waals surface area contributed by atoms with Crippen molar-refractivity contribution in [3.63, 3.8) is 0 Å². The van der Waals surface area contributed by atoms with Gasteiger partial charge in [0, 0.05) is 12.3 Å². The van der Waals surface area contributed by atoms with E-state index < -0.39 is 11.6 Å². The summed E-state index contributed by atoms with van der Waals surface area (Å²) in [6, 6.07) is 5.59. The quantitative estimate of drug-likeness (QED) is 0.557. The largest absolute Gasteiger partial charge is 0.448 e. The van der Waals surface area contributed by atoms with Crippen molar-refractivity contribution in [1.82, 2.24) is 20.4 Å². The molecule has 0 saturated heterocycles. The van der Waals surface area contributed by atoms with Gasteiger partial charge in [-0.25, -0.2) is 8.78 Å². The van der Waals surface area contributed by atoms with E-state index in [1.807, 2.05) is 0 Å². The highest BCUT2D eigenvalue weighted by Gasteiger charge is 2.41. The first-order valence-electron chi connectivity index (χ1n) is 10.2. The van der Waals surface area contributed by atoms with Crippen molar-refractivity contribution < 1.29 is 17.9 Å². The molecule has 0 bridgehead atoms. The molecule has 3 aromatic rings. The minimum Gasteiger partial charge on any atom is -0.448 e. The highest BCUT2D eigenvalue weighted by Crippen LogP contribution is 2.46. The van der Waals surface area contributed by atoms with Crippen molar-refractivity contribution in [1.29, 1.82) is 0 Å². The topological polar surface area (TPSA) is 73.9 Å². The molecule has 8 heteroatoms. The minimum absolute atomic E-state index is 0.123. The van der Waals surface area contributed by atoms with Crippen molar-refractivity contribution in [2.45, 2.75) is 57.8 Å². The highest BCUT2D eigenvalue weighted by molar-refractivity contribution is 5.62. The second-order valence-corrected chi connectivity index (χ2v) is 7.78. The van der Waals surface area contributed by atoms with Crippen LogP contribution in [0.25, 0.3) is 11.3 Å². The molecule has 6 nitrogen and oxygen atoms in total. The number of aromatic nitrogens is 4. The fraction of sp³-hybridized carbons (Fsp3) is 0.455. The molecule has 4 rings (SSSR count). The first kappa shape index (κ1) is 20.4. The number of halogens is 2. The molecule has 158 valence electrons. The van der Waals surface area contributed by atoms with Crippen LogP contribution in [-0.4, -0.2) is 27.0 Å². The molecule has 0 N–H and O–H groups in total. The molecule has 0 radical (unpaired) electrons. The van der Waals surface area contributed by atoms with Gasteiger partial charge in [-0.1, -0.05) is 25.0 Å². The number of aryl methyl sites for hydroxylation is 1. The van der Waals surface area contributed by atoms with E-state index >= 15 is 0 Å². The van der Waals surface area contributed by atoms with Crippen molar-refractivity contribution in [3.05, 3.63) is 53.0 Å². The van der Waals surface area contributed by atoms with E-state index in [4.69, 9.17) is 9.15 Å². The summed E-state index contributed by atoms with van der Waals surface area (Å²) < 4.78 is 39.8. The van der Waals surface area contributed by atoms with Crippen molar-refractivity contribution in [2.24, 2.45) is 0 Å². The summed E-state index contributed by atoms with van der Waals surface area (Å²) in [7, 11) is 0. The lowest BCUT2D eigenvalue weighted by Crippen LogP contribution is -2.39. The van der Waals surface area contributed by atoms with Crippen LogP contribution in [0.3, 0.4) is 0 Å². The van der Waals surface area contributed by atoms with Gasteiger partial charge in [0.25, 0.3) is 0 Å². The van der Waals surface area contributed by atoms with Gasteiger partial charge in [-0.3, -0.25) is 0 Å². The molecular formula is C22H24F2N4O2. The SMILES string of the molecule is CC[C@H]1CC[C@](CC)(COc2nnc(C)o2)c2nnc(-c3c(F)cccc3F)cc21. The van der Waals surface area contributed by atoms with E-state index in [-0.39, 0.29) is 28.7 Å². The van der Waals surface area contributed by atoms with Gasteiger partial charge in [-0.15, -0.1) is 10.2 Å². The van der Waals surface area contributed by atoms with Gasteiger partial charge in [0.05, 0.1) is 17.0 Å². The van der Waals surface area contributed by atoms with Gasteiger partial charge in [0.2, 0.25) is 5.89 Å². The Kier molecular flexibility index (Phi) is 5.49. The smallest absolute Gasteiger partial charge is 0.414 e. The van der Waals surface area contributed by atoms with Crippen LogP contribution in [0.1, 0.15) is 62.6 Å². The summed E-state index contributed by atoms with van der Waals surface area (Å²) >= 11 is 0. The lowest BCUT2D eigenvalue weighted by atomic mass is 9.67. The van der Waals surface area contributed by atoms with Crippen LogP contribution in [0.5, 0.6) is 6.08 Å². The van der Waals surface area contributed by atoms with Crippen LogP contribution in [0.2, 0.25) is 0 Å². The monoisotopic (exact) mass is 414 g/mol. The van der Waals surface area contributed by atoms with E-state index in [0.717, 1.165) is 36.9 Å². The maximum absolute atomic E-state index is 14.3. The maximum Gasteiger partial charge on any atom is 0.414 e. The molecule has 1 aliphatic rings. The molecular weight excluding hydrogens is 390 g/mol. The van der Waals surface area contributed by atoms with E-state index in [1.54, 1.807) is 13.0 Å². The van der Waals surface area contributed by atoms with Gasteiger partial charge in [-0.2, -0.15) is 5.10 Å². The molecule has 30 heavy (non-hydrogen) atoms. The predicted octanol–water partition coefficient (Wildman–Crippen LogP) is 5.13. The molecule has 0 fully saturated rings. The zero-order valence-corrected chi connectivity index (χ0v) is 17.3. The fourth-order valence-electron chi connectivity index (χ4n) is 4.27. The zero-order chi connectivity index (χ0) is 21.3. The summed E-state index contributed by atoms with van der Waals surface area (Å²) in [5.41, 5.74) is 1.47. The molecule has 0 saturated carbocycles. The highest BCUT2D eigenvalue weighted by atomic mass is 19.1. The zero-order valence-electron chi connectivity index (χ0n) is 17.3. The van der Waals surface area contributed by atoms with Gasteiger partial charge in [-0.05, 0) is 55.4 Å². The Labute approximate surface area is 173 Å². The van der Waals surface area contributed by atoms with Crippen LogP contribution >= 0.6 is 0 Å². The summed E-state index contributed by atoms with van der Waals surface area (Å²) in [4.78, 5) is 0. The number of hydrogen-bond donors (Lipinski definition) is 0. The molecule has 1 aromatic carbocycles. The van der Waals surface area contributed by atoms with Gasteiger partial charge in [0.1, 0.15) is 18.2 Å². The Morgan fingerprint density at radius 2 is 1.90 bits per heavy atom. The Morgan fingerprint density at radius 1 is 1.13 bits per heavy atom. The lowest BCUT2D eigenvalue weighted by Gasteiger charge is -2.39. The molecule has 0 amide bonds. The Hall–Kier alpha value is -2.90. The summed E-state index contributed by atoms with van der Waals surface area (Å²) in [6.07, 6.45) is 3.59. The number of rotatable bonds is 6. The number of fused-ring (bicyclic) bond motifs is 1. The van der Waals surface area contributed by atoms with Crippen LogP contribution in [0, 0.1) is 18.6 Å². The first-order valence-corrected chi connectivity index (χ1v) is 10.2. The summed E-state index contributed by atoms with van der Waals surface area (Å²) in [5, 5.41) is 16.4. The van der Waals surface area contributed by atoms with E-state index in [9.17, 15) is 8.78 Å². The van der Waals surface area contributed by atoms with Crippen LogP contribution in [0.15, 0.2) is 28.7 Å². The standard InChI is InChI=1S/C22H24F2N4O2/c1-4-14-9-10-22(5-2,12-29-21-28-25-13(3)30-21)20-15(14)11-18(26-27-20)19-16(23)7-6-8-17(19)24/h6-8,11,14H,4-5,9-10,12H2,1-3H3/t14-,22+/m0/s1. The molecule has 1 aliphatic carbocycles.